The summed E-state index contributed by atoms with van der Waals surface area (Å²) in [7, 11) is 0. The van der Waals surface area contributed by atoms with Gasteiger partial charge < -0.3 is 9.47 Å². The maximum absolute atomic E-state index is 11.4. The van der Waals surface area contributed by atoms with E-state index in [9.17, 15) is 10.1 Å². The van der Waals surface area contributed by atoms with Crippen LogP contribution < -0.4 is 4.90 Å². The van der Waals surface area contributed by atoms with E-state index in [4.69, 9.17) is 4.98 Å². The molecule has 1 aliphatic rings. The molecule has 1 aliphatic heterocycles. The minimum atomic E-state index is -0.363. The highest BCUT2D eigenvalue weighted by atomic mass is 79.9. The Balaban J connectivity index is 1.60. The van der Waals surface area contributed by atoms with Crippen molar-refractivity contribution < 1.29 is 4.92 Å². The van der Waals surface area contributed by atoms with Crippen LogP contribution in [0.25, 0.3) is 11.0 Å². The maximum atomic E-state index is 11.4. The first-order chi connectivity index (χ1) is 13.1. The van der Waals surface area contributed by atoms with Crippen LogP contribution in [0.2, 0.25) is 0 Å². The second kappa shape index (κ2) is 7.26. The van der Waals surface area contributed by atoms with Crippen molar-refractivity contribution >= 4 is 38.5 Å². The number of nitro groups is 1. The van der Waals surface area contributed by atoms with Gasteiger partial charge in [0.2, 0.25) is 5.82 Å². The normalized spacial score (nSPS) is 15.4. The minimum Gasteiger partial charge on any atom is -0.351 e. The Kier molecular flexibility index (Phi) is 4.82. The molecule has 0 atom stereocenters. The van der Waals surface area contributed by atoms with Crippen molar-refractivity contribution in [3.63, 3.8) is 0 Å². The SMILES string of the molecule is CCc1nc2ccccc2n1C1CCN(c2ncc(Br)cc2[N+](=O)[O-])CC1. The highest BCUT2D eigenvalue weighted by Gasteiger charge is 2.28. The second-order valence-corrected chi connectivity index (χ2v) is 7.63. The zero-order chi connectivity index (χ0) is 19.0. The molecule has 1 saturated heterocycles. The minimum absolute atomic E-state index is 0.0464. The van der Waals surface area contributed by atoms with E-state index >= 15 is 0 Å². The van der Waals surface area contributed by atoms with Crippen molar-refractivity contribution in [1.29, 1.82) is 0 Å². The Labute approximate surface area is 165 Å². The molecule has 0 unspecified atom stereocenters. The van der Waals surface area contributed by atoms with Crippen LogP contribution in [0.4, 0.5) is 11.5 Å². The fraction of sp³-hybridized carbons (Fsp3) is 0.368. The molecule has 0 aliphatic carbocycles. The van der Waals surface area contributed by atoms with Gasteiger partial charge in [-0.05, 0) is 40.9 Å². The highest BCUT2D eigenvalue weighted by molar-refractivity contribution is 9.10. The topological polar surface area (TPSA) is 77.1 Å². The zero-order valence-electron chi connectivity index (χ0n) is 15.0. The molecule has 27 heavy (non-hydrogen) atoms. The Hall–Kier alpha value is -2.48. The Morgan fingerprint density at radius 3 is 2.74 bits per heavy atom. The first-order valence-electron chi connectivity index (χ1n) is 9.09. The van der Waals surface area contributed by atoms with Crippen LogP contribution >= 0.6 is 15.9 Å². The molecule has 7 nitrogen and oxygen atoms in total. The van der Waals surface area contributed by atoms with Crippen molar-refractivity contribution in [2.45, 2.75) is 32.2 Å². The molecule has 0 saturated carbocycles. The van der Waals surface area contributed by atoms with E-state index in [0.717, 1.165) is 43.7 Å². The zero-order valence-corrected chi connectivity index (χ0v) is 16.6. The number of benzene rings is 1. The highest BCUT2D eigenvalue weighted by Crippen LogP contribution is 2.34. The molecule has 0 N–H and O–H groups in total. The summed E-state index contributed by atoms with van der Waals surface area (Å²) in [6.45, 7) is 3.59. The van der Waals surface area contributed by atoms with E-state index in [2.05, 4.69) is 44.5 Å². The van der Waals surface area contributed by atoms with E-state index in [1.807, 2.05) is 17.0 Å². The van der Waals surface area contributed by atoms with E-state index in [-0.39, 0.29) is 10.6 Å². The number of imidazole rings is 1. The molecule has 4 rings (SSSR count). The summed E-state index contributed by atoms with van der Waals surface area (Å²) in [6.07, 6.45) is 4.31. The number of pyridine rings is 1. The maximum Gasteiger partial charge on any atom is 0.312 e. The van der Waals surface area contributed by atoms with Gasteiger partial charge in [0.05, 0.1) is 16.0 Å². The van der Waals surface area contributed by atoms with Gasteiger partial charge in [-0.15, -0.1) is 0 Å². The number of hydrogen-bond donors (Lipinski definition) is 0. The number of anilines is 1. The lowest BCUT2D eigenvalue weighted by Crippen LogP contribution is -2.36. The third kappa shape index (κ3) is 3.29. The van der Waals surface area contributed by atoms with Gasteiger partial charge in [-0.3, -0.25) is 10.1 Å². The van der Waals surface area contributed by atoms with Gasteiger partial charge in [-0.1, -0.05) is 19.1 Å². The Bertz CT molecular complexity index is 995. The van der Waals surface area contributed by atoms with Gasteiger partial charge in [0.1, 0.15) is 5.82 Å². The van der Waals surface area contributed by atoms with Crippen molar-refractivity contribution in [1.82, 2.24) is 14.5 Å². The average Bonchev–Trinajstić information content (AvgIpc) is 3.06. The second-order valence-electron chi connectivity index (χ2n) is 6.71. The van der Waals surface area contributed by atoms with Crippen LogP contribution in [0, 0.1) is 10.1 Å². The van der Waals surface area contributed by atoms with Gasteiger partial charge in [-0.25, -0.2) is 9.97 Å². The fourth-order valence-electron chi connectivity index (χ4n) is 3.89. The molecule has 0 spiro atoms. The lowest BCUT2D eigenvalue weighted by atomic mass is 10.0. The van der Waals surface area contributed by atoms with Gasteiger partial charge in [0.15, 0.2) is 0 Å². The number of aryl methyl sites for hydroxylation is 1. The molecule has 2 aromatic heterocycles. The summed E-state index contributed by atoms with van der Waals surface area (Å²) in [5, 5.41) is 11.4. The Morgan fingerprint density at radius 2 is 2.04 bits per heavy atom. The monoisotopic (exact) mass is 429 g/mol. The lowest BCUT2D eigenvalue weighted by Gasteiger charge is -2.34. The predicted octanol–water partition coefficient (Wildman–Crippen LogP) is 4.51. The summed E-state index contributed by atoms with van der Waals surface area (Å²) in [5.41, 5.74) is 2.24. The molecule has 8 heteroatoms. The average molecular weight is 430 g/mol. The number of nitrogens with zero attached hydrogens (tertiary/aromatic N) is 5. The van der Waals surface area contributed by atoms with E-state index in [1.54, 1.807) is 6.20 Å². The van der Waals surface area contributed by atoms with E-state index in [0.29, 0.717) is 16.3 Å². The number of halogens is 1. The summed E-state index contributed by atoms with van der Waals surface area (Å²) < 4.78 is 2.97. The van der Waals surface area contributed by atoms with Crippen LogP contribution in [-0.4, -0.2) is 32.5 Å². The van der Waals surface area contributed by atoms with Crippen LogP contribution in [0.1, 0.15) is 31.6 Å². The molecular formula is C19H20BrN5O2. The number of aromatic nitrogens is 3. The molecule has 0 radical (unpaired) electrons. The molecule has 0 amide bonds. The van der Waals surface area contributed by atoms with Crippen molar-refractivity contribution in [2.75, 3.05) is 18.0 Å². The molecule has 140 valence electrons. The quantitative estimate of drug-likeness (QED) is 0.450. The first kappa shape index (κ1) is 17.9. The van der Waals surface area contributed by atoms with Gasteiger partial charge in [0, 0.05) is 42.3 Å². The predicted molar refractivity (Wildman–Crippen MR) is 108 cm³/mol. The summed E-state index contributed by atoms with van der Waals surface area (Å²) >= 11 is 3.27. The Morgan fingerprint density at radius 1 is 1.30 bits per heavy atom. The van der Waals surface area contributed by atoms with Crippen LogP contribution in [0.3, 0.4) is 0 Å². The fourth-order valence-corrected chi connectivity index (χ4v) is 4.21. The number of para-hydroxylation sites is 2. The van der Waals surface area contributed by atoms with Crippen molar-refractivity contribution in [3.05, 3.63) is 56.9 Å². The molecule has 1 aromatic carbocycles. The third-order valence-electron chi connectivity index (χ3n) is 5.12. The lowest BCUT2D eigenvalue weighted by molar-refractivity contribution is -0.384. The van der Waals surface area contributed by atoms with Crippen molar-refractivity contribution in [3.8, 4) is 0 Å². The van der Waals surface area contributed by atoms with Crippen LogP contribution in [0.15, 0.2) is 41.0 Å². The van der Waals surface area contributed by atoms with Crippen LogP contribution in [0.5, 0.6) is 0 Å². The number of piperidine rings is 1. The largest absolute Gasteiger partial charge is 0.351 e. The van der Waals surface area contributed by atoms with Crippen LogP contribution in [-0.2, 0) is 6.42 Å². The molecular weight excluding hydrogens is 410 g/mol. The van der Waals surface area contributed by atoms with Gasteiger partial charge >= 0.3 is 5.69 Å². The van der Waals surface area contributed by atoms with E-state index < -0.39 is 0 Å². The van der Waals surface area contributed by atoms with Gasteiger partial charge in [-0.2, -0.15) is 0 Å². The molecule has 3 heterocycles. The third-order valence-corrected chi connectivity index (χ3v) is 5.56. The summed E-state index contributed by atoms with van der Waals surface area (Å²) in [5.74, 6) is 1.55. The standard InChI is InChI=1S/C19H20BrN5O2/c1-2-18-22-15-5-3-4-6-16(15)24(18)14-7-9-23(10-8-14)19-17(25(26)27)11-13(20)12-21-19/h3-6,11-12,14H,2,7-10H2,1H3. The molecule has 1 fully saturated rings. The number of hydrogen-bond acceptors (Lipinski definition) is 5. The summed E-state index contributed by atoms with van der Waals surface area (Å²) in [6, 6.07) is 10.1. The van der Waals surface area contributed by atoms with Gasteiger partial charge in [0.25, 0.3) is 0 Å². The number of rotatable bonds is 4. The number of fused-ring (bicyclic) bond motifs is 1. The summed E-state index contributed by atoms with van der Waals surface area (Å²) in [4.78, 5) is 22.1. The molecule has 3 aromatic rings. The van der Waals surface area contributed by atoms with Crippen molar-refractivity contribution in [2.24, 2.45) is 0 Å². The first-order valence-corrected chi connectivity index (χ1v) is 9.88. The smallest absolute Gasteiger partial charge is 0.312 e. The van der Waals surface area contributed by atoms with E-state index in [1.165, 1.54) is 11.6 Å². The molecule has 0 bridgehead atoms.